The van der Waals surface area contributed by atoms with Crippen molar-refractivity contribution in [3.8, 4) is 6.07 Å². The summed E-state index contributed by atoms with van der Waals surface area (Å²) in [6.45, 7) is 6.48. The van der Waals surface area contributed by atoms with Crippen LogP contribution in [0.25, 0.3) is 0 Å². The lowest BCUT2D eigenvalue weighted by Crippen LogP contribution is -2.42. The second kappa shape index (κ2) is 7.84. The number of piperidine rings is 2. The van der Waals surface area contributed by atoms with E-state index in [1.54, 1.807) is 0 Å². The van der Waals surface area contributed by atoms with E-state index in [1.807, 2.05) is 0 Å². The van der Waals surface area contributed by atoms with Crippen LogP contribution in [-0.2, 0) is 0 Å². The zero-order valence-corrected chi connectivity index (χ0v) is 11.9. The molecular weight excluding hydrogens is 238 g/mol. The molecule has 0 bridgehead atoms. The van der Waals surface area contributed by atoms with Crippen LogP contribution in [0, 0.1) is 23.2 Å². The molecule has 2 atom stereocenters. The first-order chi connectivity index (χ1) is 9.31. The van der Waals surface area contributed by atoms with Gasteiger partial charge >= 0.3 is 0 Å². The van der Waals surface area contributed by atoms with Crippen LogP contribution in [0.15, 0.2) is 0 Å². The van der Waals surface area contributed by atoms with Gasteiger partial charge in [-0.25, -0.2) is 0 Å². The molecule has 2 saturated heterocycles. The van der Waals surface area contributed by atoms with Crippen LogP contribution in [-0.4, -0.2) is 60.8 Å². The average molecular weight is 265 g/mol. The van der Waals surface area contributed by atoms with Crippen molar-refractivity contribution in [2.45, 2.75) is 32.1 Å². The van der Waals surface area contributed by atoms with Gasteiger partial charge in [-0.1, -0.05) is 6.42 Å². The molecule has 2 fully saturated rings. The second-order valence-corrected chi connectivity index (χ2v) is 6.14. The molecule has 1 N–H and O–H groups in total. The summed E-state index contributed by atoms with van der Waals surface area (Å²) in [7, 11) is 0. The van der Waals surface area contributed by atoms with Gasteiger partial charge in [-0.3, -0.25) is 0 Å². The number of aliphatic hydroxyl groups is 1. The topological polar surface area (TPSA) is 50.5 Å². The SMILES string of the molecule is N#CC(CN1CCCCC1)CN1CCCC(CO)C1. The van der Waals surface area contributed by atoms with Crippen LogP contribution in [0.3, 0.4) is 0 Å². The number of hydrogen-bond acceptors (Lipinski definition) is 4. The molecule has 0 aromatic rings. The standard InChI is InChI=1S/C15H27N3O/c16-9-15(11-17-6-2-1-3-7-17)12-18-8-4-5-14(10-18)13-19/h14-15,19H,1-8,10-13H2. The average Bonchev–Trinajstić information content (AvgIpc) is 2.48. The van der Waals surface area contributed by atoms with Crippen molar-refractivity contribution in [1.29, 1.82) is 5.26 Å². The van der Waals surface area contributed by atoms with Gasteiger partial charge in [0.15, 0.2) is 0 Å². The first-order valence-electron chi connectivity index (χ1n) is 7.77. The van der Waals surface area contributed by atoms with Crippen molar-refractivity contribution < 1.29 is 5.11 Å². The highest BCUT2D eigenvalue weighted by Crippen LogP contribution is 2.18. The number of hydrogen-bond donors (Lipinski definition) is 1. The minimum atomic E-state index is 0.121. The lowest BCUT2D eigenvalue weighted by Gasteiger charge is -2.34. The van der Waals surface area contributed by atoms with Crippen LogP contribution >= 0.6 is 0 Å². The van der Waals surface area contributed by atoms with Gasteiger partial charge in [0.05, 0.1) is 12.0 Å². The van der Waals surface area contributed by atoms with E-state index in [1.165, 1.54) is 19.3 Å². The molecule has 0 amide bonds. The summed E-state index contributed by atoms with van der Waals surface area (Å²) >= 11 is 0. The van der Waals surface area contributed by atoms with Crippen LogP contribution in [0.4, 0.5) is 0 Å². The largest absolute Gasteiger partial charge is 0.396 e. The quantitative estimate of drug-likeness (QED) is 0.814. The highest BCUT2D eigenvalue weighted by Gasteiger charge is 2.23. The summed E-state index contributed by atoms with van der Waals surface area (Å²) in [5.74, 6) is 0.540. The summed E-state index contributed by atoms with van der Waals surface area (Å²) < 4.78 is 0. The van der Waals surface area contributed by atoms with E-state index in [0.717, 1.165) is 52.1 Å². The molecule has 2 heterocycles. The zero-order chi connectivity index (χ0) is 13.5. The minimum absolute atomic E-state index is 0.121. The molecular formula is C15H27N3O. The van der Waals surface area contributed by atoms with E-state index in [-0.39, 0.29) is 5.92 Å². The third-order valence-electron chi connectivity index (χ3n) is 4.45. The Hall–Kier alpha value is -0.630. The van der Waals surface area contributed by atoms with Crippen LogP contribution in [0.5, 0.6) is 0 Å². The first-order valence-corrected chi connectivity index (χ1v) is 7.77. The van der Waals surface area contributed by atoms with Gasteiger partial charge in [0, 0.05) is 26.2 Å². The molecule has 0 aliphatic carbocycles. The van der Waals surface area contributed by atoms with Crippen molar-refractivity contribution in [1.82, 2.24) is 9.80 Å². The summed E-state index contributed by atoms with van der Waals surface area (Å²) in [5, 5.41) is 18.6. The number of likely N-dealkylation sites (tertiary alicyclic amines) is 2. The maximum atomic E-state index is 9.36. The van der Waals surface area contributed by atoms with Gasteiger partial charge < -0.3 is 14.9 Å². The Morgan fingerprint density at radius 1 is 1.05 bits per heavy atom. The summed E-state index contributed by atoms with van der Waals surface area (Å²) in [6, 6.07) is 2.48. The highest BCUT2D eigenvalue weighted by molar-refractivity contribution is 4.89. The molecule has 0 saturated carbocycles. The molecule has 2 rings (SSSR count). The van der Waals surface area contributed by atoms with Crippen molar-refractivity contribution in [2.75, 3.05) is 45.9 Å². The molecule has 2 unspecified atom stereocenters. The predicted molar refractivity (Wildman–Crippen MR) is 75.6 cm³/mol. The van der Waals surface area contributed by atoms with Gasteiger partial charge in [-0.2, -0.15) is 5.26 Å². The first kappa shape index (κ1) is 14.8. The fourth-order valence-corrected chi connectivity index (χ4v) is 3.37. The number of nitrogens with zero attached hydrogens (tertiary/aromatic N) is 3. The molecule has 0 radical (unpaired) electrons. The summed E-state index contributed by atoms with van der Waals surface area (Å²) in [5.41, 5.74) is 0. The minimum Gasteiger partial charge on any atom is -0.396 e. The molecule has 2 aliphatic rings. The van der Waals surface area contributed by atoms with E-state index in [4.69, 9.17) is 0 Å². The Labute approximate surface area is 117 Å². The zero-order valence-electron chi connectivity index (χ0n) is 11.9. The number of aliphatic hydroxyl groups excluding tert-OH is 1. The summed E-state index contributed by atoms with van der Waals surface area (Å²) in [6.07, 6.45) is 6.21. The molecule has 19 heavy (non-hydrogen) atoms. The predicted octanol–water partition coefficient (Wildman–Crippen LogP) is 1.32. The van der Waals surface area contributed by atoms with E-state index >= 15 is 0 Å². The molecule has 0 aromatic carbocycles. The van der Waals surface area contributed by atoms with E-state index in [0.29, 0.717) is 12.5 Å². The second-order valence-electron chi connectivity index (χ2n) is 6.14. The van der Waals surface area contributed by atoms with Crippen LogP contribution < -0.4 is 0 Å². The smallest absolute Gasteiger partial charge is 0.0717 e. The Morgan fingerprint density at radius 3 is 2.42 bits per heavy atom. The lowest BCUT2D eigenvalue weighted by atomic mass is 9.97. The van der Waals surface area contributed by atoms with Gasteiger partial charge in [0.2, 0.25) is 0 Å². The third kappa shape index (κ3) is 4.76. The molecule has 4 nitrogen and oxygen atoms in total. The Morgan fingerprint density at radius 2 is 1.74 bits per heavy atom. The fraction of sp³-hybridized carbons (Fsp3) is 0.933. The highest BCUT2D eigenvalue weighted by atomic mass is 16.3. The molecule has 2 aliphatic heterocycles. The van der Waals surface area contributed by atoms with Crippen LogP contribution in [0.1, 0.15) is 32.1 Å². The lowest BCUT2D eigenvalue weighted by molar-refractivity contribution is 0.105. The Bertz CT molecular complexity index is 296. The maximum absolute atomic E-state index is 9.36. The van der Waals surface area contributed by atoms with Gasteiger partial charge in [-0.15, -0.1) is 0 Å². The Kier molecular flexibility index (Phi) is 6.09. The Balaban J connectivity index is 1.76. The number of rotatable bonds is 5. The normalized spacial score (nSPS) is 27.9. The van der Waals surface area contributed by atoms with E-state index in [2.05, 4.69) is 15.9 Å². The maximum Gasteiger partial charge on any atom is 0.0717 e. The van der Waals surface area contributed by atoms with E-state index in [9.17, 15) is 10.4 Å². The molecule has 108 valence electrons. The molecule has 0 spiro atoms. The van der Waals surface area contributed by atoms with Crippen LogP contribution in [0.2, 0.25) is 0 Å². The van der Waals surface area contributed by atoms with Gasteiger partial charge in [0.25, 0.3) is 0 Å². The summed E-state index contributed by atoms with van der Waals surface area (Å²) in [4.78, 5) is 4.83. The molecule has 4 heteroatoms. The van der Waals surface area contributed by atoms with Crippen molar-refractivity contribution in [3.05, 3.63) is 0 Å². The van der Waals surface area contributed by atoms with Gasteiger partial charge in [0.1, 0.15) is 0 Å². The fourth-order valence-electron chi connectivity index (χ4n) is 3.37. The monoisotopic (exact) mass is 265 g/mol. The third-order valence-corrected chi connectivity index (χ3v) is 4.45. The van der Waals surface area contributed by atoms with Crippen molar-refractivity contribution in [3.63, 3.8) is 0 Å². The van der Waals surface area contributed by atoms with Crippen molar-refractivity contribution >= 4 is 0 Å². The molecule has 0 aromatic heterocycles. The van der Waals surface area contributed by atoms with Gasteiger partial charge in [-0.05, 0) is 51.2 Å². The number of nitriles is 1. The van der Waals surface area contributed by atoms with Crippen molar-refractivity contribution in [2.24, 2.45) is 11.8 Å². The van der Waals surface area contributed by atoms with E-state index < -0.39 is 0 Å².